The summed E-state index contributed by atoms with van der Waals surface area (Å²) in [5.74, 6) is 0.310. The fraction of sp³-hybridized carbons (Fsp3) is 0.462. The summed E-state index contributed by atoms with van der Waals surface area (Å²) < 4.78 is 10.5. The molecule has 0 N–H and O–H groups in total. The lowest BCUT2D eigenvalue weighted by Crippen LogP contribution is -2.17. The van der Waals surface area contributed by atoms with Crippen LogP contribution < -0.4 is 4.74 Å². The van der Waals surface area contributed by atoms with Crippen LogP contribution in [0.25, 0.3) is 0 Å². The second-order valence-corrected chi connectivity index (χ2v) is 3.97. The van der Waals surface area contributed by atoms with E-state index in [9.17, 15) is 4.79 Å². The third kappa shape index (κ3) is 2.83. The van der Waals surface area contributed by atoms with Crippen LogP contribution in [-0.2, 0) is 9.53 Å². The number of benzene rings is 1. The zero-order valence-corrected chi connectivity index (χ0v) is 9.39. The molecule has 16 heavy (non-hydrogen) atoms. The molecule has 3 heteroatoms. The highest BCUT2D eigenvalue weighted by molar-refractivity contribution is 5.80. The minimum Gasteiger partial charge on any atom is -0.425 e. The van der Waals surface area contributed by atoms with Crippen molar-refractivity contribution in [2.45, 2.75) is 38.4 Å². The zero-order chi connectivity index (χ0) is 11.4. The number of epoxide rings is 1. The third-order valence-electron chi connectivity index (χ3n) is 2.62. The Hall–Kier alpha value is -1.35. The largest absolute Gasteiger partial charge is 0.425 e. The summed E-state index contributed by atoms with van der Waals surface area (Å²) in [6, 6.07) is 9.09. The summed E-state index contributed by atoms with van der Waals surface area (Å²) >= 11 is 0. The maximum atomic E-state index is 11.6. The number of hydrogen-bond acceptors (Lipinski definition) is 3. The van der Waals surface area contributed by atoms with Crippen LogP contribution in [0, 0.1) is 0 Å². The van der Waals surface area contributed by atoms with E-state index in [1.807, 2.05) is 18.2 Å². The van der Waals surface area contributed by atoms with Gasteiger partial charge in [-0.2, -0.15) is 0 Å². The van der Waals surface area contributed by atoms with Crippen LogP contribution in [0.4, 0.5) is 0 Å². The highest BCUT2D eigenvalue weighted by atomic mass is 16.6. The summed E-state index contributed by atoms with van der Waals surface area (Å²) in [5, 5.41) is 0. The third-order valence-corrected chi connectivity index (χ3v) is 2.62. The van der Waals surface area contributed by atoms with Crippen molar-refractivity contribution in [3.63, 3.8) is 0 Å². The maximum absolute atomic E-state index is 11.6. The lowest BCUT2D eigenvalue weighted by Gasteiger charge is -2.00. The zero-order valence-electron chi connectivity index (χ0n) is 9.39. The van der Waals surface area contributed by atoms with Gasteiger partial charge in [-0.05, 0) is 18.6 Å². The fourth-order valence-electron chi connectivity index (χ4n) is 1.64. The molecule has 3 nitrogen and oxygen atoms in total. The first-order valence-electron chi connectivity index (χ1n) is 5.73. The SMILES string of the molecule is CCCC[C@@H]1O[C@@H]1C(=O)Oc1ccccc1. The van der Waals surface area contributed by atoms with Gasteiger partial charge in [0.25, 0.3) is 0 Å². The van der Waals surface area contributed by atoms with E-state index < -0.39 is 0 Å². The molecule has 0 aliphatic carbocycles. The normalized spacial score (nSPS) is 22.8. The molecule has 0 amide bonds. The van der Waals surface area contributed by atoms with Gasteiger partial charge in [-0.3, -0.25) is 0 Å². The van der Waals surface area contributed by atoms with Crippen molar-refractivity contribution in [2.75, 3.05) is 0 Å². The smallest absolute Gasteiger partial charge is 0.343 e. The van der Waals surface area contributed by atoms with Crippen molar-refractivity contribution < 1.29 is 14.3 Å². The minimum atomic E-state index is -0.341. The second kappa shape index (κ2) is 5.12. The average molecular weight is 220 g/mol. The summed E-state index contributed by atoms with van der Waals surface area (Å²) in [5.41, 5.74) is 0. The Labute approximate surface area is 95.4 Å². The summed E-state index contributed by atoms with van der Waals surface area (Å²) in [6.07, 6.45) is 2.91. The van der Waals surface area contributed by atoms with Crippen molar-refractivity contribution >= 4 is 5.97 Å². The maximum Gasteiger partial charge on any atom is 0.343 e. The molecular formula is C13H16O3. The molecule has 1 aromatic rings. The monoisotopic (exact) mass is 220 g/mol. The lowest BCUT2D eigenvalue weighted by molar-refractivity contribution is -0.135. The molecule has 0 aromatic heterocycles. The standard InChI is InChI=1S/C13H16O3/c1-2-3-9-11-12(16-11)13(14)15-10-7-5-4-6-8-10/h4-8,11-12H,2-3,9H2,1H3/t11-,12-/m0/s1. The van der Waals surface area contributed by atoms with Gasteiger partial charge in [0.1, 0.15) is 5.75 Å². The highest BCUT2D eigenvalue weighted by Gasteiger charge is 2.45. The molecule has 0 unspecified atom stereocenters. The topological polar surface area (TPSA) is 38.8 Å². The van der Waals surface area contributed by atoms with Crippen molar-refractivity contribution in [3.8, 4) is 5.75 Å². The van der Waals surface area contributed by atoms with Crippen LogP contribution in [0.3, 0.4) is 0 Å². The number of rotatable bonds is 5. The molecule has 0 radical (unpaired) electrons. The van der Waals surface area contributed by atoms with Gasteiger partial charge < -0.3 is 9.47 Å². The molecule has 1 aliphatic rings. The van der Waals surface area contributed by atoms with Crippen molar-refractivity contribution in [2.24, 2.45) is 0 Å². The van der Waals surface area contributed by atoms with Gasteiger partial charge in [-0.15, -0.1) is 0 Å². The molecule has 86 valence electrons. The molecule has 1 aliphatic heterocycles. The molecule has 0 spiro atoms. The minimum absolute atomic E-state index is 0.0798. The highest BCUT2D eigenvalue weighted by Crippen LogP contribution is 2.28. The van der Waals surface area contributed by atoms with Gasteiger partial charge in [-0.1, -0.05) is 38.0 Å². The second-order valence-electron chi connectivity index (χ2n) is 3.97. The van der Waals surface area contributed by atoms with E-state index in [-0.39, 0.29) is 18.2 Å². The molecule has 0 bridgehead atoms. The van der Waals surface area contributed by atoms with Gasteiger partial charge in [-0.25, -0.2) is 4.79 Å². The molecule has 1 fully saturated rings. The molecule has 1 saturated heterocycles. The van der Waals surface area contributed by atoms with E-state index in [4.69, 9.17) is 9.47 Å². The van der Waals surface area contributed by atoms with Crippen LogP contribution in [0.5, 0.6) is 5.75 Å². The van der Waals surface area contributed by atoms with Gasteiger partial charge >= 0.3 is 5.97 Å². The van der Waals surface area contributed by atoms with Crippen LogP contribution >= 0.6 is 0 Å². The van der Waals surface area contributed by atoms with Crippen LogP contribution in [0.1, 0.15) is 26.2 Å². The Morgan fingerprint density at radius 1 is 1.38 bits per heavy atom. The molecule has 0 saturated carbocycles. The predicted octanol–water partition coefficient (Wildman–Crippen LogP) is 2.55. The van der Waals surface area contributed by atoms with Crippen LogP contribution in [0.15, 0.2) is 30.3 Å². The number of ether oxygens (including phenoxy) is 2. The van der Waals surface area contributed by atoms with Crippen molar-refractivity contribution in [1.82, 2.24) is 0 Å². The number of carbonyl (C=O) groups excluding carboxylic acids is 1. The first-order chi connectivity index (χ1) is 7.81. The van der Waals surface area contributed by atoms with Crippen LogP contribution in [0.2, 0.25) is 0 Å². The van der Waals surface area contributed by atoms with Crippen molar-refractivity contribution in [3.05, 3.63) is 30.3 Å². The predicted molar refractivity (Wildman–Crippen MR) is 60.3 cm³/mol. The van der Waals surface area contributed by atoms with Gasteiger partial charge in [0.15, 0.2) is 6.10 Å². The molecular weight excluding hydrogens is 204 g/mol. The molecule has 1 heterocycles. The number of esters is 1. The van der Waals surface area contributed by atoms with E-state index in [1.54, 1.807) is 12.1 Å². The van der Waals surface area contributed by atoms with E-state index >= 15 is 0 Å². The van der Waals surface area contributed by atoms with E-state index in [1.165, 1.54) is 0 Å². The first kappa shape index (κ1) is 11.1. The van der Waals surface area contributed by atoms with E-state index in [0.29, 0.717) is 5.75 Å². The quantitative estimate of drug-likeness (QED) is 0.435. The first-order valence-corrected chi connectivity index (χ1v) is 5.73. The van der Waals surface area contributed by atoms with Gasteiger partial charge in [0.2, 0.25) is 0 Å². The summed E-state index contributed by atoms with van der Waals surface area (Å²) in [7, 11) is 0. The summed E-state index contributed by atoms with van der Waals surface area (Å²) in [6.45, 7) is 2.12. The van der Waals surface area contributed by atoms with Gasteiger partial charge in [0, 0.05) is 0 Å². The molecule has 2 atom stereocenters. The Morgan fingerprint density at radius 3 is 2.81 bits per heavy atom. The lowest BCUT2D eigenvalue weighted by atomic mass is 10.1. The number of carbonyl (C=O) groups is 1. The average Bonchev–Trinajstić information content (AvgIpc) is 3.07. The number of para-hydroxylation sites is 1. The molecule has 1 aromatic carbocycles. The summed E-state index contributed by atoms with van der Waals surface area (Å²) in [4.78, 5) is 11.6. The fourth-order valence-corrected chi connectivity index (χ4v) is 1.64. The van der Waals surface area contributed by atoms with E-state index in [0.717, 1.165) is 19.3 Å². The Morgan fingerprint density at radius 2 is 2.12 bits per heavy atom. The molecule has 2 rings (SSSR count). The van der Waals surface area contributed by atoms with Gasteiger partial charge in [0.05, 0.1) is 6.10 Å². The van der Waals surface area contributed by atoms with E-state index in [2.05, 4.69) is 6.92 Å². The number of hydrogen-bond donors (Lipinski definition) is 0. The van der Waals surface area contributed by atoms with Crippen molar-refractivity contribution in [1.29, 1.82) is 0 Å². The Bertz CT molecular complexity index is 347. The Balaban J connectivity index is 1.78. The number of unbranched alkanes of at least 4 members (excludes halogenated alkanes) is 1. The van der Waals surface area contributed by atoms with Crippen LogP contribution in [-0.4, -0.2) is 18.2 Å². The Kier molecular flexibility index (Phi) is 3.57.